The third kappa shape index (κ3) is 3.16. The molecule has 0 atom stereocenters. The van der Waals surface area contributed by atoms with Gasteiger partial charge in [-0.15, -0.1) is 0 Å². The molecule has 0 aliphatic carbocycles. The Balaban J connectivity index is 1.59. The lowest BCUT2D eigenvalue weighted by molar-refractivity contribution is 0.375. The number of nitrogens with one attached hydrogen (secondary N) is 1. The van der Waals surface area contributed by atoms with Crippen molar-refractivity contribution in [1.29, 1.82) is 0 Å². The first kappa shape index (κ1) is 10.8. The summed E-state index contributed by atoms with van der Waals surface area (Å²) in [5.41, 5.74) is 1.24. The molecule has 0 radical (unpaired) electrons. The van der Waals surface area contributed by atoms with Crippen LogP contribution >= 0.6 is 0 Å². The molecule has 0 aromatic carbocycles. The van der Waals surface area contributed by atoms with E-state index in [1.54, 1.807) is 0 Å². The molecular formula is C10H15N5O. The SMILES string of the molecule is Cn1cc(CCNCCc2ncno2)cn1. The Morgan fingerprint density at radius 3 is 2.94 bits per heavy atom. The van der Waals surface area contributed by atoms with Crippen LogP contribution in [0.2, 0.25) is 0 Å². The summed E-state index contributed by atoms with van der Waals surface area (Å²) in [6.45, 7) is 1.78. The Kier molecular flexibility index (Phi) is 3.66. The normalized spacial score (nSPS) is 10.8. The average Bonchev–Trinajstić information content (AvgIpc) is 2.89. The van der Waals surface area contributed by atoms with Crippen molar-refractivity contribution in [3.63, 3.8) is 0 Å². The van der Waals surface area contributed by atoms with Gasteiger partial charge in [0.25, 0.3) is 0 Å². The molecule has 0 aliphatic rings. The van der Waals surface area contributed by atoms with E-state index in [9.17, 15) is 0 Å². The van der Waals surface area contributed by atoms with Crippen LogP contribution in [0.15, 0.2) is 23.2 Å². The van der Waals surface area contributed by atoms with Crippen LogP contribution < -0.4 is 5.32 Å². The number of aryl methyl sites for hydroxylation is 1. The van der Waals surface area contributed by atoms with E-state index in [1.807, 2.05) is 24.1 Å². The Morgan fingerprint density at radius 2 is 2.25 bits per heavy atom. The van der Waals surface area contributed by atoms with Crippen molar-refractivity contribution >= 4 is 0 Å². The quantitative estimate of drug-likeness (QED) is 0.705. The highest BCUT2D eigenvalue weighted by Gasteiger charge is 1.99. The van der Waals surface area contributed by atoms with Crippen LogP contribution in [0.5, 0.6) is 0 Å². The predicted molar refractivity (Wildman–Crippen MR) is 57.8 cm³/mol. The fourth-order valence-corrected chi connectivity index (χ4v) is 1.46. The van der Waals surface area contributed by atoms with E-state index in [0.29, 0.717) is 5.89 Å². The second-order valence-corrected chi connectivity index (χ2v) is 3.61. The maximum absolute atomic E-state index is 4.89. The van der Waals surface area contributed by atoms with Crippen molar-refractivity contribution in [2.75, 3.05) is 13.1 Å². The predicted octanol–water partition coefficient (Wildman–Crippen LogP) is 0.178. The van der Waals surface area contributed by atoms with Gasteiger partial charge in [-0.25, -0.2) is 0 Å². The Hall–Kier alpha value is -1.69. The standard InChI is InChI=1S/C10H15N5O/c1-15-7-9(6-13-15)2-4-11-5-3-10-12-8-14-16-10/h6-8,11H,2-5H2,1H3. The van der Waals surface area contributed by atoms with Crippen LogP contribution in [0.25, 0.3) is 0 Å². The van der Waals surface area contributed by atoms with Crippen LogP contribution in [-0.4, -0.2) is 33.0 Å². The first-order valence-corrected chi connectivity index (χ1v) is 5.28. The molecule has 6 heteroatoms. The number of aromatic nitrogens is 4. The molecule has 2 heterocycles. The minimum atomic E-state index is 0.675. The van der Waals surface area contributed by atoms with Crippen LogP contribution in [0.4, 0.5) is 0 Å². The molecule has 0 unspecified atom stereocenters. The second-order valence-electron chi connectivity index (χ2n) is 3.61. The molecule has 2 aromatic heterocycles. The molecule has 0 saturated heterocycles. The zero-order valence-corrected chi connectivity index (χ0v) is 9.26. The number of nitrogens with zero attached hydrogens (tertiary/aromatic N) is 4. The van der Waals surface area contributed by atoms with Crippen LogP contribution in [-0.2, 0) is 19.9 Å². The van der Waals surface area contributed by atoms with E-state index in [0.717, 1.165) is 25.9 Å². The maximum atomic E-state index is 4.89. The molecular weight excluding hydrogens is 206 g/mol. The van der Waals surface area contributed by atoms with E-state index in [2.05, 4.69) is 20.6 Å². The Bertz CT molecular complexity index is 409. The van der Waals surface area contributed by atoms with Gasteiger partial charge in [0.05, 0.1) is 6.20 Å². The van der Waals surface area contributed by atoms with Gasteiger partial charge >= 0.3 is 0 Å². The van der Waals surface area contributed by atoms with Crippen molar-refractivity contribution < 1.29 is 4.52 Å². The van der Waals surface area contributed by atoms with E-state index in [-0.39, 0.29) is 0 Å². The topological polar surface area (TPSA) is 68.8 Å². The van der Waals surface area contributed by atoms with Gasteiger partial charge in [-0.2, -0.15) is 10.1 Å². The summed E-state index contributed by atoms with van der Waals surface area (Å²) in [6, 6.07) is 0. The van der Waals surface area contributed by atoms with Gasteiger partial charge in [0, 0.05) is 26.2 Å². The fraction of sp³-hybridized carbons (Fsp3) is 0.500. The Labute approximate surface area is 93.7 Å². The first-order chi connectivity index (χ1) is 7.84. The molecule has 2 rings (SSSR count). The highest BCUT2D eigenvalue weighted by molar-refractivity contribution is 5.03. The van der Waals surface area contributed by atoms with Gasteiger partial charge in [0.1, 0.15) is 0 Å². The molecule has 86 valence electrons. The van der Waals surface area contributed by atoms with Gasteiger partial charge in [-0.1, -0.05) is 5.16 Å². The summed E-state index contributed by atoms with van der Waals surface area (Å²) in [6.07, 6.45) is 7.09. The average molecular weight is 221 g/mol. The van der Waals surface area contributed by atoms with Crippen molar-refractivity contribution in [1.82, 2.24) is 25.2 Å². The molecule has 16 heavy (non-hydrogen) atoms. The lowest BCUT2D eigenvalue weighted by atomic mass is 10.2. The lowest BCUT2D eigenvalue weighted by Crippen LogP contribution is -2.20. The molecule has 2 aromatic rings. The lowest BCUT2D eigenvalue weighted by Gasteiger charge is -2.00. The van der Waals surface area contributed by atoms with Gasteiger partial charge in [-0.3, -0.25) is 4.68 Å². The second kappa shape index (κ2) is 5.41. The number of hydrogen-bond donors (Lipinski definition) is 1. The molecule has 0 fully saturated rings. The van der Waals surface area contributed by atoms with Crippen LogP contribution in [0, 0.1) is 0 Å². The largest absolute Gasteiger partial charge is 0.340 e. The monoisotopic (exact) mass is 221 g/mol. The summed E-state index contributed by atoms with van der Waals surface area (Å²) in [7, 11) is 1.92. The summed E-state index contributed by atoms with van der Waals surface area (Å²) in [4.78, 5) is 3.94. The summed E-state index contributed by atoms with van der Waals surface area (Å²) in [5, 5.41) is 11.0. The molecule has 1 N–H and O–H groups in total. The first-order valence-electron chi connectivity index (χ1n) is 5.28. The van der Waals surface area contributed by atoms with Crippen LogP contribution in [0.3, 0.4) is 0 Å². The maximum Gasteiger partial charge on any atom is 0.227 e. The number of hydrogen-bond acceptors (Lipinski definition) is 5. The minimum absolute atomic E-state index is 0.675. The molecule has 0 bridgehead atoms. The zero-order chi connectivity index (χ0) is 11.2. The number of rotatable bonds is 6. The molecule has 0 saturated carbocycles. The smallest absolute Gasteiger partial charge is 0.227 e. The van der Waals surface area contributed by atoms with Gasteiger partial charge < -0.3 is 9.84 Å². The van der Waals surface area contributed by atoms with Crippen molar-refractivity contribution in [3.05, 3.63) is 30.2 Å². The van der Waals surface area contributed by atoms with E-state index in [1.165, 1.54) is 11.9 Å². The highest BCUT2D eigenvalue weighted by Crippen LogP contribution is 1.96. The Morgan fingerprint density at radius 1 is 1.38 bits per heavy atom. The van der Waals surface area contributed by atoms with E-state index < -0.39 is 0 Å². The molecule has 0 amide bonds. The van der Waals surface area contributed by atoms with Gasteiger partial charge in [-0.05, 0) is 18.5 Å². The van der Waals surface area contributed by atoms with Gasteiger partial charge in [0.2, 0.25) is 5.89 Å². The van der Waals surface area contributed by atoms with Gasteiger partial charge in [0.15, 0.2) is 6.33 Å². The molecule has 0 aliphatic heterocycles. The van der Waals surface area contributed by atoms with Crippen molar-refractivity contribution in [2.24, 2.45) is 7.05 Å². The van der Waals surface area contributed by atoms with E-state index >= 15 is 0 Å². The summed E-state index contributed by atoms with van der Waals surface area (Å²) in [5.74, 6) is 0.675. The highest BCUT2D eigenvalue weighted by atomic mass is 16.5. The van der Waals surface area contributed by atoms with Crippen LogP contribution in [0.1, 0.15) is 11.5 Å². The fourth-order valence-electron chi connectivity index (χ4n) is 1.46. The molecule has 0 spiro atoms. The third-order valence-corrected chi connectivity index (χ3v) is 2.27. The van der Waals surface area contributed by atoms with Crippen molar-refractivity contribution in [3.8, 4) is 0 Å². The van der Waals surface area contributed by atoms with Crippen molar-refractivity contribution in [2.45, 2.75) is 12.8 Å². The summed E-state index contributed by atoms with van der Waals surface area (Å²) >= 11 is 0. The van der Waals surface area contributed by atoms with E-state index in [4.69, 9.17) is 4.52 Å². The molecule has 6 nitrogen and oxygen atoms in total. The zero-order valence-electron chi connectivity index (χ0n) is 9.26. The third-order valence-electron chi connectivity index (χ3n) is 2.27. The summed E-state index contributed by atoms with van der Waals surface area (Å²) < 4.78 is 6.70. The minimum Gasteiger partial charge on any atom is -0.340 e.